The van der Waals surface area contributed by atoms with Crippen LogP contribution >= 0.6 is 11.6 Å². The van der Waals surface area contributed by atoms with Crippen LogP contribution in [0, 0.1) is 0 Å². The van der Waals surface area contributed by atoms with E-state index in [1.54, 1.807) is 10.7 Å². The number of aliphatic hydroxyl groups is 1. The van der Waals surface area contributed by atoms with Crippen LogP contribution in [-0.4, -0.2) is 49.3 Å². The maximum Gasteiger partial charge on any atom is 0.229 e. The summed E-state index contributed by atoms with van der Waals surface area (Å²) in [5, 5.41) is 22.2. The largest absolute Gasteiger partial charge is 0.398 e. The van der Waals surface area contributed by atoms with Crippen LogP contribution in [-0.2, 0) is 6.54 Å². The van der Waals surface area contributed by atoms with Crippen molar-refractivity contribution in [2.24, 2.45) is 0 Å². The number of nitrogens with zero attached hydrogens (tertiary/aromatic N) is 6. The Hall–Kier alpha value is -2.65. The summed E-state index contributed by atoms with van der Waals surface area (Å²) in [6.07, 6.45) is 1.91. The van der Waals surface area contributed by atoms with Crippen LogP contribution in [0.2, 0.25) is 5.02 Å². The number of rotatable bonds is 6. The second kappa shape index (κ2) is 8.00. The highest BCUT2D eigenvalue weighted by atomic mass is 35.5. The molecule has 0 spiro atoms. The van der Waals surface area contributed by atoms with Crippen LogP contribution in [0.25, 0.3) is 11.2 Å². The Kier molecular flexibility index (Phi) is 5.42. The molecule has 29 heavy (non-hydrogen) atoms. The van der Waals surface area contributed by atoms with Crippen molar-refractivity contribution >= 4 is 40.2 Å². The van der Waals surface area contributed by atoms with Crippen molar-refractivity contribution in [2.75, 3.05) is 29.1 Å². The lowest BCUT2D eigenvalue weighted by Gasteiger charge is -2.23. The van der Waals surface area contributed by atoms with E-state index in [-0.39, 0.29) is 18.7 Å². The van der Waals surface area contributed by atoms with E-state index < -0.39 is 0 Å². The van der Waals surface area contributed by atoms with Crippen molar-refractivity contribution < 1.29 is 5.11 Å². The lowest BCUT2D eigenvalue weighted by Crippen LogP contribution is -2.33. The summed E-state index contributed by atoms with van der Waals surface area (Å²) >= 11 is 6.31. The minimum Gasteiger partial charge on any atom is -0.398 e. The molecule has 10 heteroatoms. The van der Waals surface area contributed by atoms with Crippen LogP contribution in [0.5, 0.6) is 0 Å². The molecule has 3 heterocycles. The van der Waals surface area contributed by atoms with E-state index in [2.05, 4.69) is 15.6 Å². The number of hydrogen-bond acceptors (Lipinski definition) is 8. The lowest BCUT2D eigenvalue weighted by molar-refractivity contribution is 0.265. The fourth-order valence-corrected chi connectivity index (χ4v) is 3.89. The molecule has 4 N–H and O–H groups in total. The summed E-state index contributed by atoms with van der Waals surface area (Å²) < 4.78 is 1.78. The first-order chi connectivity index (χ1) is 14.0. The van der Waals surface area contributed by atoms with Crippen LogP contribution in [0.4, 0.5) is 17.5 Å². The van der Waals surface area contributed by atoms with Gasteiger partial charge in [-0.25, -0.2) is 4.68 Å². The van der Waals surface area contributed by atoms with Gasteiger partial charge < -0.3 is 21.1 Å². The van der Waals surface area contributed by atoms with Gasteiger partial charge in [-0.3, -0.25) is 0 Å². The van der Waals surface area contributed by atoms with Crippen molar-refractivity contribution in [3.63, 3.8) is 0 Å². The van der Waals surface area contributed by atoms with Gasteiger partial charge in [-0.05, 0) is 38.8 Å². The highest BCUT2D eigenvalue weighted by Crippen LogP contribution is 2.29. The fourth-order valence-electron chi connectivity index (χ4n) is 3.64. The third kappa shape index (κ3) is 3.67. The number of anilines is 3. The van der Waals surface area contributed by atoms with Crippen molar-refractivity contribution in [3.8, 4) is 0 Å². The fraction of sp³-hybridized carbons (Fsp3) is 0.474. The number of benzene rings is 1. The van der Waals surface area contributed by atoms with Gasteiger partial charge >= 0.3 is 0 Å². The number of aliphatic hydroxyl groups excluding tert-OH is 1. The maximum absolute atomic E-state index is 9.72. The SMILES string of the molecule is CC(C)n1nnc2c(NCc3c(N)cccc3Cl)nc(N3CCC[C@@H]3CO)nc21. The van der Waals surface area contributed by atoms with Crippen LogP contribution in [0.15, 0.2) is 18.2 Å². The van der Waals surface area contributed by atoms with E-state index in [9.17, 15) is 5.11 Å². The number of nitrogens with one attached hydrogen (secondary N) is 1. The molecule has 0 bridgehead atoms. The topological polar surface area (TPSA) is 118 Å². The van der Waals surface area contributed by atoms with E-state index in [1.165, 1.54) is 0 Å². The monoisotopic (exact) mass is 416 g/mol. The van der Waals surface area contributed by atoms with Gasteiger partial charge in [0, 0.05) is 29.4 Å². The van der Waals surface area contributed by atoms with E-state index in [1.807, 2.05) is 30.9 Å². The Balaban J connectivity index is 1.75. The van der Waals surface area contributed by atoms with E-state index in [4.69, 9.17) is 27.3 Å². The number of fused-ring (bicyclic) bond motifs is 1. The Labute approximate surface area is 173 Å². The van der Waals surface area contributed by atoms with Crippen LogP contribution < -0.4 is 16.0 Å². The molecule has 1 fully saturated rings. The molecule has 1 atom stereocenters. The summed E-state index contributed by atoms with van der Waals surface area (Å²) in [6, 6.07) is 5.55. The molecule has 0 amide bonds. The molecule has 3 aromatic rings. The number of halogens is 1. The average Bonchev–Trinajstić information content (AvgIpc) is 3.34. The number of aromatic nitrogens is 5. The van der Waals surface area contributed by atoms with Gasteiger partial charge in [-0.15, -0.1) is 5.10 Å². The van der Waals surface area contributed by atoms with E-state index in [0.29, 0.717) is 40.2 Å². The molecule has 1 aliphatic heterocycles. The lowest BCUT2D eigenvalue weighted by atomic mass is 10.2. The molecule has 1 saturated heterocycles. The maximum atomic E-state index is 9.72. The highest BCUT2D eigenvalue weighted by molar-refractivity contribution is 6.31. The molecule has 0 unspecified atom stereocenters. The Bertz CT molecular complexity index is 1000. The zero-order chi connectivity index (χ0) is 20.5. The van der Waals surface area contributed by atoms with Gasteiger partial charge in [-0.1, -0.05) is 22.9 Å². The molecule has 4 rings (SSSR count). The third-order valence-electron chi connectivity index (χ3n) is 5.23. The highest BCUT2D eigenvalue weighted by Gasteiger charge is 2.28. The van der Waals surface area contributed by atoms with E-state index >= 15 is 0 Å². The standard InChI is InChI=1S/C19H25ClN8O/c1-11(2)28-18-16(25-26-28)17(22-9-13-14(20)6-3-7-15(13)21)23-19(24-18)27-8-4-5-12(27)10-29/h3,6-7,11-12,29H,4-5,8-10,21H2,1-2H3,(H,22,23,24)/t12-/m1/s1. The van der Waals surface area contributed by atoms with Gasteiger partial charge in [0.25, 0.3) is 0 Å². The molecule has 1 aromatic carbocycles. The van der Waals surface area contributed by atoms with Gasteiger partial charge in [0.2, 0.25) is 5.95 Å². The van der Waals surface area contributed by atoms with Crippen molar-refractivity contribution in [1.82, 2.24) is 25.0 Å². The molecular formula is C19H25ClN8O. The molecule has 1 aliphatic rings. The summed E-state index contributed by atoms with van der Waals surface area (Å²) in [7, 11) is 0. The molecule has 154 valence electrons. The van der Waals surface area contributed by atoms with Gasteiger partial charge in [-0.2, -0.15) is 9.97 Å². The first kappa shape index (κ1) is 19.7. The molecule has 0 saturated carbocycles. The molecule has 0 radical (unpaired) electrons. The number of hydrogen-bond donors (Lipinski definition) is 3. The predicted molar refractivity (Wildman–Crippen MR) is 114 cm³/mol. The van der Waals surface area contributed by atoms with Gasteiger partial charge in [0.05, 0.1) is 18.7 Å². The van der Waals surface area contributed by atoms with Crippen LogP contribution in [0.3, 0.4) is 0 Å². The zero-order valence-electron chi connectivity index (χ0n) is 16.5. The normalized spacial score (nSPS) is 16.9. The van der Waals surface area contributed by atoms with Gasteiger partial charge in [0.15, 0.2) is 17.0 Å². The molecular weight excluding hydrogens is 392 g/mol. The van der Waals surface area contributed by atoms with Crippen molar-refractivity contribution in [1.29, 1.82) is 0 Å². The first-order valence-corrected chi connectivity index (χ1v) is 10.1. The summed E-state index contributed by atoms with van der Waals surface area (Å²) in [6.45, 7) is 5.33. The van der Waals surface area contributed by atoms with E-state index in [0.717, 1.165) is 24.9 Å². The van der Waals surface area contributed by atoms with Crippen molar-refractivity contribution in [3.05, 3.63) is 28.8 Å². The molecule has 2 aromatic heterocycles. The Morgan fingerprint density at radius 3 is 2.90 bits per heavy atom. The first-order valence-electron chi connectivity index (χ1n) is 9.76. The summed E-state index contributed by atoms with van der Waals surface area (Å²) in [5.41, 5.74) is 8.74. The van der Waals surface area contributed by atoms with Gasteiger partial charge in [0.1, 0.15) is 0 Å². The molecule has 9 nitrogen and oxygen atoms in total. The summed E-state index contributed by atoms with van der Waals surface area (Å²) in [5.74, 6) is 1.13. The second-order valence-electron chi connectivity index (χ2n) is 7.51. The Morgan fingerprint density at radius 1 is 1.34 bits per heavy atom. The minimum absolute atomic E-state index is 0.0166. The van der Waals surface area contributed by atoms with Crippen LogP contribution in [0.1, 0.15) is 38.3 Å². The average molecular weight is 417 g/mol. The second-order valence-corrected chi connectivity index (χ2v) is 7.91. The minimum atomic E-state index is 0.0166. The third-order valence-corrected chi connectivity index (χ3v) is 5.59. The summed E-state index contributed by atoms with van der Waals surface area (Å²) in [4.78, 5) is 11.5. The zero-order valence-corrected chi connectivity index (χ0v) is 17.3. The van der Waals surface area contributed by atoms with Crippen molar-refractivity contribution in [2.45, 2.75) is 45.3 Å². The predicted octanol–water partition coefficient (Wildman–Crippen LogP) is 2.61. The smallest absolute Gasteiger partial charge is 0.229 e. The number of nitrogens with two attached hydrogens (primary N) is 1. The number of nitrogen functional groups attached to an aromatic ring is 1. The quantitative estimate of drug-likeness (QED) is 0.525. The Morgan fingerprint density at radius 2 is 2.17 bits per heavy atom. The molecule has 0 aliphatic carbocycles.